The standard InChI is InChI=1S/C18H17ClN2O4/c1-11-3-5-16-14(7-11)21(18(23)10-25-16)9-17(22)20-12-4-6-15(24-2)13(19)8-12/h3-8H,9-10H2,1-2H3,(H,20,22). The number of nitrogens with one attached hydrogen (secondary N) is 1. The molecule has 0 saturated heterocycles. The summed E-state index contributed by atoms with van der Waals surface area (Å²) >= 11 is 6.06. The second-order valence-corrected chi connectivity index (χ2v) is 6.04. The molecule has 0 bridgehead atoms. The van der Waals surface area contributed by atoms with E-state index in [-0.39, 0.29) is 25.0 Å². The van der Waals surface area contributed by atoms with Crippen molar-refractivity contribution in [3.8, 4) is 11.5 Å². The fourth-order valence-corrected chi connectivity index (χ4v) is 2.83. The lowest BCUT2D eigenvalue weighted by Crippen LogP contribution is -2.43. The van der Waals surface area contributed by atoms with Gasteiger partial charge in [0.1, 0.15) is 18.0 Å². The lowest BCUT2D eigenvalue weighted by Gasteiger charge is -2.29. The summed E-state index contributed by atoms with van der Waals surface area (Å²) in [7, 11) is 1.52. The number of aryl methyl sites for hydroxylation is 1. The van der Waals surface area contributed by atoms with Gasteiger partial charge in [0.2, 0.25) is 5.91 Å². The van der Waals surface area contributed by atoms with E-state index in [0.29, 0.717) is 27.9 Å². The molecule has 2 aromatic rings. The van der Waals surface area contributed by atoms with Crippen LogP contribution < -0.4 is 19.7 Å². The number of ether oxygens (including phenoxy) is 2. The molecule has 2 amide bonds. The van der Waals surface area contributed by atoms with Gasteiger partial charge in [0, 0.05) is 5.69 Å². The highest BCUT2D eigenvalue weighted by atomic mass is 35.5. The minimum absolute atomic E-state index is 0.0856. The molecule has 0 spiro atoms. The van der Waals surface area contributed by atoms with E-state index in [1.165, 1.54) is 12.0 Å². The van der Waals surface area contributed by atoms with E-state index in [4.69, 9.17) is 21.1 Å². The number of hydrogen-bond donors (Lipinski definition) is 1. The van der Waals surface area contributed by atoms with E-state index >= 15 is 0 Å². The van der Waals surface area contributed by atoms with Gasteiger partial charge in [-0.1, -0.05) is 17.7 Å². The van der Waals surface area contributed by atoms with E-state index in [1.54, 1.807) is 24.3 Å². The second-order valence-electron chi connectivity index (χ2n) is 5.64. The molecule has 0 unspecified atom stereocenters. The summed E-state index contributed by atoms with van der Waals surface area (Å²) in [6.07, 6.45) is 0. The van der Waals surface area contributed by atoms with Crippen molar-refractivity contribution in [3.63, 3.8) is 0 Å². The van der Waals surface area contributed by atoms with Crippen LogP contribution in [0, 0.1) is 6.92 Å². The van der Waals surface area contributed by atoms with Gasteiger partial charge in [-0.05, 0) is 42.8 Å². The van der Waals surface area contributed by atoms with Crippen LogP contribution in [-0.2, 0) is 9.59 Å². The van der Waals surface area contributed by atoms with Gasteiger partial charge in [-0.25, -0.2) is 0 Å². The molecule has 7 heteroatoms. The Hall–Kier alpha value is -2.73. The Morgan fingerprint density at radius 2 is 2.12 bits per heavy atom. The summed E-state index contributed by atoms with van der Waals surface area (Å²) < 4.78 is 10.5. The second kappa shape index (κ2) is 7.03. The summed E-state index contributed by atoms with van der Waals surface area (Å²) in [6, 6.07) is 10.5. The van der Waals surface area contributed by atoms with Crippen LogP contribution in [0.1, 0.15) is 5.56 Å². The zero-order valence-electron chi connectivity index (χ0n) is 13.8. The Balaban J connectivity index is 1.76. The molecule has 0 radical (unpaired) electrons. The van der Waals surface area contributed by atoms with Crippen LogP contribution >= 0.6 is 11.6 Å². The zero-order chi connectivity index (χ0) is 18.0. The van der Waals surface area contributed by atoms with Crippen molar-refractivity contribution in [2.24, 2.45) is 0 Å². The number of benzene rings is 2. The van der Waals surface area contributed by atoms with Gasteiger partial charge in [0.15, 0.2) is 6.61 Å². The molecule has 25 heavy (non-hydrogen) atoms. The summed E-state index contributed by atoms with van der Waals surface area (Å²) in [5, 5.41) is 3.13. The molecule has 3 rings (SSSR count). The monoisotopic (exact) mass is 360 g/mol. The molecule has 0 atom stereocenters. The van der Waals surface area contributed by atoms with Crippen molar-refractivity contribution in [2.45, 2.75) is 6.92 Å². The molecule has 130 valence electrons. The van der Waals surface area contributed by atoms with E-state index < -0.39 is 0 Å². The summed E-state index contributed by atoms with van der Waals surface area (Å²) in [5.74, 6) is 0.517. The molecule has 1 aliphatic rings. The van der Waals surface area contributed by atoms with Crippen LogP contribution in [0.5, 0.6) is 11.5 Å². The number of fused-ring (bicyclic) bond motifs is 1. The zero-order valence-corrected chi connectivity index (χ0v) is 14.6. The molecule has 6 nitrogen and oxygen atoms in total. The Kier molecular flexibility index (Phi) is 4.81. The van der Waals surface area contributed by atoms with Gasteiger partial charge in [0.25, 0.3) is 5.91 Å². The fourth-order valence-electron chi connectivity index (χ4n) is 2.57. The smallest absolute Gasteiger partial charge is 0.265 e. The minimum Gasteiger partial charge on any atom is -0.495 e. The van der Waals surface area contributed by atoms with Crippen LogP contribution in [0.25, 0.3) is 0 Å². The summed E-state index contributed by atoms with van der Waals surface area (Å²) in [4.78, 5) is 26.0. The average Bonchev–Trinajstić information content (AvgIpc) is 2.58. The average molecular weight is 361 g/mol. The number of anilines is 2. The Labute approximate surface area is 150 Å². The maximum Gasteiger partial charge on any atom is 0.265 e. The van der Waals surface area contributed by atoms with E-state index in [9.17, 15) is 9.59 Å². The predicted molar refractivity (Wildman–Crippen MR) is 95.7 cm³/mol. The molecule has 0 fully saturated rings. The van der Waals surface area contributed by atoms with E-state index in [0.717, 1.165) is 5.56 Å². The number of nitrogens with zero attached hydrogens (tertiary/aromatic N) is 1. The molecule has 1 aliphatic heterocycles. The predicted octanol–water partition coefficient (Wildman–Crippen LogP) is 3.02. The van der Waals surface area contributed by atoms with Crippen molar-refractivity contribution in [3.05, 3.63) is 47.0 Å². The lowest BCUT2D eigenvalue weighted by atomic mass is 10.1. The quantitative estimate of drug-likeness (QED) is 0.910. The van der Waals surface area contributed by atoms with Gasteiger partial charge in [-0.2, -0.15) is 0 Å². The molecule has 2 aromatic carbocycles. The van der Waals surface area contributed by atoms with E-state index in [2.05, 4.69) is 5.32 Å². The minimum atomic E-state index is -0.330. The molecule has 1 heterocycles. The molecular weight excluding hydrogens is 344 g/mol. The van der Waals surface area contributed by atoms with Crippen LogP contribution in [0.15, 0.2) is 36.4 Å². The number of rotatable bonds is 4. The maximum absolute atomic E-state index is 12.4. The molecular formula is C18H17ClN2O4. The number of amides is 2. The van der Waals surface area contributed by atoms with Crippen molar-refractivity contribution in [1.29, 1.82) is 0 Å². The number of halogens is 1. The van der Waals surface area contributed by atoms with Gasteiger partial charge < -0.3 is 14.8 Å². The van der Waals surface area contributed by atoms with Crippen molar-refractivity contribution < 1.29 is 19.1 Å². The first kappa shape index (κ1) is 17.1. The van der Waals surface area contributed by atoms with Crippen molar-refractivity contribution in [2.75, 3.05) is 30.5 Å². The third-order valence-corrected chi connectivity index (χ3v) is 4.09. The van der Waals surface area contributed by atoms with E-state index in [1.807, 2.05) is 19.1 Å². The Bertz CT molecular complexity index is 838. The first-order valence-electron chi connectivity index (χ1n) is 7.65. The number of methoxy groups -OCH3 is 1. The summed E-state index contributed by atoms with van der Waals surface area (Å²) in [5.41, 5.74) is 2.10. The molecule has 0 aromatic heterocycles. The Morgan fingerprint density at radius 3 is 2.84 bits per heavy atom. The molecule has 1 N–H and O–H groups in total. The SMILES string of the molecule is COc1ccc(NC(=O)CN2C(=O)COc3ccc(C)cc32)cc1Cl. The van der Waals surface area contributed by atoms with Crippen molar-refractivity contribution in [1.82, 2.24) is 0 Å². The van der Waals surface area contributed by atoms with Gasteiger partial charge in [-0.3, -0.25) is 14.5 Å². The third-order valence-electron chi connectivity index (χ3n) is 3.79. The van der Waals surface area contributed by atoms with Gasteiger partial charge >= 0.3 is 0 Å². The van der Waals surface area contributed by atoms with Gasteiger partial charge in [0.05, 0.1) is 17.8 Å². The van der Waals surface area contributed by atoms with Crippen LogP contribution in [0.2, 0.25) is 5.02 Å². The summed E-state index contributed by atoms with van der Waals surface area (Å²) in [6.45, 7) is 1.72. The highest BCUT2D eigenvalue weighted by Crippen LogP contribution is 2.33. The number of hydrogen-bond acceptors (Lipinski definition) is 4. The number of carbonyl (C=O) groups excluding carboxylic acids is 2. The lowest BCUT2D eigenvalue weighted by molar-refractivity contribution is -0.123. The molecule has 0 saturated carbocycles. The highest BCUT2D eigenvalue weighted by molar-refractivity contribution is 6.32. The molecule has 0 aliphatic carbocycles. The van der Waals surface area contributed by atoms with Crippen LogP contribution in [-0.4, -0.2) is 32.1 Å². The first-order valence-corrected chi connectivity index (χ1v) is 8.03. The first-order chi connectivity index (χ1) is 12.0. The van der Waals surface area contributed by atoms with Crippen LogP contribution in [0.4, 0.5) is 11.4 Å². The Morgan fingerprint density at radius 1 is 1.32 bits per heavy atom. The number of carbonyl (C=O) groups is 2. The highest BCUT2D eigenvalue weighted by Gasteiger charge is 2.27. The maximum atomic E-state index is 12.4. The topological polar surface area (TPSA) is 67.9 Å². The van der Waals surface area contributed by atoms with Gasteiger partial charge in [-0.15, -0.1) is 0 Å². The normalized spacial score (nSPS) is 13.1. The fraction of sp³-hybridized carbons (Fsp3) is 0.222. The largest absolute Gasteiger partial charge is 0.495 e. The van der Waals surface area contributed by atoms with Crippen molar-refractivity contribution >= 4 is 34.8 Å². The van der Waals surface area contributed by atoms with Crippen LogP contribution in [0.3, 0.4) is 0 Å². The third kappa shape index (κ3) is 3.69.